The van der Waals surface area contributed by atoms with Gasteiger partial charge in [0.05, 0.1) is 6.10 Å². The van der Waals surface area contributed by atoms with Crippen molar-refractivity contribution in [2.75, 3.05) is 0 Å². The Hall–Kier alpha value is -2.45. The molecule has 0 aromatic rings. The molecular formula is C27H36O2. The lowest BCUT2D eigenvalue weighted by atomic mass is 9.71. The summed E-state index contributed by atoms with van der Waals surface area (Å²) >= 11 is 0. The predicted octanol–water partition coefficient (Wildman–Crippen LogP) is 6.75. The minimum atomic E-state index is -0.224. The Morgan fingerprint density at radius 1 is 0.897 bits per heavy atom. The lowest BCUT2D eigenvalue weighted by Crippen LogP contribution is -2.28. The van der Waals surface area contributed by atoms with Gasteiger partial charge >= 0.3 is 0 Å². The maximum Gasteiger partial charge on any atom is 0.142 e. The van der Waals surface area contributed by atoms with Crippen LogP contribution < -0.4 is 0 Å². The van der Waals surface area contributed by atoms with Gasteiger partial charge in [-0.3, -0.25) is 4.79 Å². The van der Waals surface area contributed by atoms with E-state index >= 15 is 0 Å². The van der Waals surface area contributed by atoms with Crippen LogP contribution in [0.5, 0.6) is 0 Å². The van der Waals surface area contributed by atoms with Crippen molar-refractivity contribution in [3.63, 3.8) is 0 Å². The summed E-state index contributed by atoms with van der Waals surface area (Å²) in [6.07, 6.45) is 24.0. The standard InChI is InChI=1S/C27H36O2/c1-21(11-7-8-12-22(2)15-10-18-28)13-9-14-23(3)16-17-26-24(4)19-25(29)20-27(26,5)6/h7-18,25,29H,19-20H2,1-6H3/b8-7+,13-9+,15-10+,17-16+,21-11+,22-12+,23-14+. The number of aliphatic hydroxyl groups excluding tert-OH is 1. The molecule has 2 nitrogen and oxygen atoms in total. The predicted molar refractivity (Wildman–Crippen MR) is 126 cm³/mol. The van der Waals surface area contributed by atoms with Crippen LogP contribution in [0.3, 0.4) is 0 Å². The first-order chi connectivity index (χ1) is 13.7. The average Bonchev–Trinajstić information content (AvgIpc) is 2.62. The topological polar surface area (TPSA) is 37.3 Å². The quantitative estimate of drug-likeness (QED) is 0.282. The van der Waals surface area contributed by atoms with Gasteiger partial charge in [-0.2, -0.15) is 0 Å². The van der Waals surface area contributed by atoms with Crippen molar-refractivity contribution < 1.29 is 9.90 Å². The molecule has 0 saturated carbocycles. The Balaban J connectivity index is 2.71. The molecule has 0 fully saturated rings. The molecule has 0 saturated heterocycles. The molecule has 29 heavy (non-hydrogen) atoms. The monoisotopic (exact) mass is 392 g/mol. The third kappa shape index (κ3) is 9.54. The number of aliphatic hydroxyl groups is 1. The van der Waals surface area contributed by atoms with Crippen LogP contribution in [-0.2, 0) is 4.79 Å². The molecule has 1 unspecified atom stereocenters. The third-order valence-electron chi connectivity index (χ3n) is 4.97. The second-order valence-electron chi connectivity index (χ2n) is 8.44. The minimum absolute atomic E-state index is 0.00978. The van der Waals surface area contributed by atoms with Crippen LogP contribution in [-0.4, -0.2) is 17.5 Å². The number of hydrogen-bond donors (Lipinski definition) is 1. The fraction of sp³-hybridized carbons (Fsp3) is 0.370. The summed E-state index contributed by atoms with van der Waals surface area (Å²) in [5.74, 6) is 0. The third-order valence-corrected chi connectivity index (χ3v) is 4.97. The highest BCUT2D eigenvalue weighted by molar-refractivity contribution is 5.65. The van der Waals surface area contributed by atoms with Crippen molar-refractivity contribution in [3.05, 3.63) is 94.7 Å². The molecule has 0 radical (unpaired) electrons. The summed E-state index contributed by atoms with van der Waals surface area (Å²) in [6.45, 7) is 12.6. The van der Waals surface area contributed by atoms with Crippen molar-refractivity contribution in [1.29, 1.82) is 0 Å². The van der Waals surface area contributed by atoms with E-state index in [2.05, 4.69) is 65.0 Å². The van der Waals surface area contributed by atoms with E-state index in [4.69, 9.17) is 0 Å². The molecule has 0 spiro atoms. The van der Waals surface area contributed by atoms with Crippen LogP contribution in [0, 0.1) is 5.41 Å². The van der Waals surface area contributed by atoms with Gasteiger partial charge in [0.15, 0.2) is 0 Å². The van der Waals surface area contributed by atoms with Crippen LogP contribution in [0.25, 0.3) is 0 Å². The van der Waals surface area contributed by atoms with Crippen LogP contribution >= 0.6 is 0 Å². The lowest BCUT2D eigenvalue weighted by molar-refractivity contribution is -0.104. The second-order valence-corrected chi connectivity index (χ2v) is 8.44. The zero-order valence-electron chi connectivity index (χ0n) is 18.8. The van der Waals surface area contributed by atoms with E-state index in [1.54, 1.807) is 6.08 Å². The Morgan fingerprint density at radius 2 is 1.41 bits per heavy atom. The van der Waals surface area contributed by atoms with Gasteiger partial charge in [-0.15, -0.1) is 0 Å². The van der Waals surface area contributed by atoms with Crippen molar-refractivity contribution >= 4 is 6.29 Å². The Kier molecular flexibility index (Phi) is 10.3. The van der Waals surface area contributed by atoms with E-state index in [1.165, 1.54) is 22.8 Å². The van der Waals surface area contributed by atoms with Crippen LogP contribution in [0.15, 0.2) is 94.7 Å². The van der Waals surface area contributed by atoms with E-state index in [-0.39, 0.29) is 11.5 Å². The molecule has 0 aliphatic heterocycles. The van der Waals surface area contributed by atoms with Gasteiger partial charge in [-0.1, -0.05) is 96.9 Å². The molecule has 1 aliphatic carbocycles. The van der Waals surface area contributed by atoms with Gasteiger partial charge in [0, 0.05) is 0 Å². The summed E-state index contributed by atoms with van der Waals surface area (Å²) in [6, 6.07) is 0. The smallest absolute Gasteiger partial charge is 0.142 e. The zero-order valence-corrected chi connectivity index (χ0v) is 18.8. The second kappa shape index (κ2) is 12.2. The summed E-state index contributed by atoms with van der Waals surface area (Å²) < 4.78 is 0. The average molecular weight is 393 g/mol. The number of carbonyl (C=O) groups is 1. The largest absolute Gasteiger partial charge is 0.393 e. The number of hydrogen-bond acceptors (Lipinski definition) is 2. The van der Waals surface area contributed by atoms with Crippen LogP contribution in [0.4, 0.5) is 0 Å². The maximum atomic E-state index is 10.3. The first-order valence-corrected chi connectivity index (χ1v) is 10.2. The molecule has 1 aliphatic rings. The van der Waals surface area contributed by atoms with Crippen molar-refractivity contribution in [1.82, 2.24) is 0 Å². The molecule has 0 heterocycles. The normalized spacial score (nSPS) is 22.0. The minimum Gasteiger partial charge on any atom is -0.393 e. The molecular weight excluding hydrogens is 356 g/mol. The zero-order chi connectivity index (χ0) is 21.9. The molecule has 0 aromatic heterocycles. The maximum absolute atomic E-state index is 10.3. The van der Waals surface area contributed by atoms with Gasteiger partial charge < -0.3 is 5.11 Å². The highest BCUT2D eigenvalue weighted by atomic mass is 16.3. The van der Waals surface area contributed by atoms with Crippen LogP contribution in [0.1, 0.15) is 54.4 Å². The van der Waals surface area contributed by atoms with Gasteiger partial charge in [0.1, 0.15) is 6.29 Å². The fourth-order valence-electron chi connectivity index (χ4n) is 3.52. The Labute approximate surface area is 177 Å². The van der Waals surface area contributed by atoms with Crippen molar-refractivity contribution in [2.45, 2.75) is 60.5 Å². The first-order valence-electron chi connectivity index (χ1n) is 10.2. The summed E-state index contributed by atoms with van der Waals surface area (Å²) in [5, 5.41) is 10.0. The molecule has 0 bridgehead atoms. The lowest BCUT2D eigenvalue weighted by Gasteiger charge is -2.35. The number of aldehydes is 1. The van der Waals surface area contributed by atoms with Gasteiger partial charge in [0.2, 0.25) is 0 Å². The molecule has 2 heteroatoms. The summed E-state index contributed by atoms with van der Waals surface area (Å²) in [7, 11) is 0. The molecule has 0 amide bonds. The summed E-state index contributed by atoms with van der Waals surface area (Å²) in [5.41, 5.74) is 6.01. The Bertz CT molecular complexity index is 805. The molecule has 1 atom stereocenters. The van der Waals surface area contributed by atoms with Gasteiger partial charge in [0.25, 0.3) is 0 Å². The first kappa shape index (κ1) is 24.6. The van der Waals surface area contributed by atoms with E-state index in [0.717, 1.165) is 30.3 Å². The highest BCUT2D eigenvalue weighted by Gasteiger charge is 2.31. The summed E-state index contributed by atoms with van der Waals surface area (Å²) in [4.78, 5) is 10.3. The SMILES string of the molecule is CC1=C(/C=C/C(C)=C/C=C/C(C)=C/C=C/C=C(C)/C=C/C=O)C(C)(C)CC(O)C1. The number of allylic oxidation sites excluding steroid dienone is 15. The molecule has 1 N–H and O–H groups in total. The van der Waals surface area contributed by atoms with Gasteiger partial charge in [-0.25, -0.2) is 0 Å². The fourth-order valence-corrected chi connectivity index (χ4v) is 3.52. The number of carbonyl (C=O) groups excluding carboxylic acids is 1. The van der Waals surface area contributed by atoms with Crippen molar-refractivity contribution in [2.24, 2.45) is 5.41 Å². The molecule has 1 rings (SSSR count). The Morgan fingerprint density at radius 3 is 1.97 bits per heavy atom. The van der Waals surface area contributed by atoms with Gasteiger partial charge in [-0.05, 0) is 57.6 Å². The molecule has 156 valence electrons. The number of rotatable bonds is 8. The van der Waals surface area contributed by atoms with E-state index < -0.39 is 0 Å². The van der Waals surface area contributed by atoms with E-state index in [9.17, 15) is 9.90 Å². The van der Waals surface area contributed by atoms with E-state index in [0.29, 0.717) is 0 Å². The highest BCUT2D eigenvalue weighted by Crippen LogP contribution is 2.41. The van der Waals surface area contributed by atoms with Crippen LogP contribution in [0.2, 0.25) is 0 Å². The van der Waals surface area contributed by atoms with E-state index in [1.807, 2.05) is 31.2 Å². The van der Waals surface area contributed by atoms with Crippen molar-refractivity contribution in [3.8, 4) is 0 Å². The molecule has 0 aromatic carbocycles.